The van der Waals surface area contributed by atoms with E-state index < -0.39 is 0 Å². The zero-order valence-corrected chi connectivity index (χ0v) is 19.7. The number of carbonyl (C=O) groups is 2. The van der Waals surface area contributed by atoms with Crippen LogP contribution < -0.4 is 10.1 Å². The molecule has 0 bridgehead atoms. The second-order valence-electron chi connectivity index (χ2n) is 7.03. The second kappa shape index (κ2) is 12.7. The largest absolute Gasteiger partial charge is 0.497 e. The van der Waals surface area contributed by atoms with Gasteiger partial charge in [0.2, 0.25) is 0 Å². The first-order valence-electron chi connectivity index (χ1n) is 10.3. The van der Waals surface area contributed by atoms with E-state index in [4.69, 9.17) is 4.74 Å². The van der Waals surface area contributed by atoms with Gasteiger partial charge in [-0.25, -0.2) is 0 Å². The van der Waals surface area contributed by atoms with Gasteiger partial charge in [0.25, 0.3) is 0 Å². The van der Waals surface area contributed by atoms with Crippen molar-refractivity contribution in [2.45, 2.75) is 33.2 Å². The molecule has 0 aliphatic heterocycles. The average Bonchev–Trinajstić information content (AvgIpc) is 2.74. The molecule has 0 aliphatic carbocycles. The molecular weight excluding hydrogens is 414 g/mol. The molecule has 0 aromatic heterocycles. The average molecular weight is 446 g/mol. The number of hydrogen-bond donors (Lipinski definition) is 1. The summed E-state index contributed by atoms with van der Waals surface area (Å²) >= 11 is 2.66. The van der Waals surface area contributed by atoms with Gasteiger partial charge in [-0.3, -0.25) is 9.59 Å². The highest BCUT2D eigenvalue weighted by Gasteiger charge is 2.35. The van der Waals surface area contributed by atoms with E-state index in [1.165, 1.54) is 23.5 Å². The lowest BCUT2D eigenvalue weighted by Crippen LogP contribution is -2.32. The highest BCUT2D eigenvalue weighted by molar-refractivity contribution is 8.13. The minimum absolute atomic E-state index is 0.0842. The smallest absolute Gasteiger partial charge is 0.194 e. The Morgan fingerprint density at radius 3 is 2.17 bits per heavy atom. The molecule has 0 radical (unpaired) electrons. The number of thioether (sulfide) groups is 2. The van der Waals surface area contributed by atoms with Crippen LogP contribution in [0.1, 0.15) is 38.8 Å². The van der Waals surface area contributed by atoms with E-state index in [0.29, 0.717) is 12.2 Å². The number of nitrogens with one attached hydrogen (secondary N) is 1. The summed E-state index contributed by atoms with van der Waals surface area (Å²) in [5.74, 6) is 1.82. The Labute approximate surface area is 188 Å². The molecule has 3 atom stereocenters. The maximum Gasteiger partial charge on any atom is 0.194 e. The van der Waals surface area contributed by atoms with Crippen LogP contribution >= 0.6 is 23.5 Å². The molecule has 0 heterocycles. The zero-order valence-electron chi connectivity index (χ0n) is 18.1. The molecule has 2 aromatic carbocycles. The number of methoxy groups -OCH3 is 1. The highest BCUT2D eigenvalue weighted by Crippen LogP contribution is 2.37. The number of ether oxygens (including phenoxy) is 1. The Kier molecular flexibility index (Phi) is 10.3. The van der Waals surface area contributed by atoms with Crippen molar-refractivity contribution in [2.75, 3.05) is 23.9 Å². The van der Waals surface area contributed by atoms with Crippen molar-refractivity contribution < 1.29 is 14.3 Å². The van der Waals surface area contributed by atoms with Gasteiger partial charge in [-0.15, -0.1) is 0 Å². The number of benzene rings is 2. The molecule has 0 saturated heterocycles. The van der Waals surface area contributed by atoms with Crippen LogP contribution in [-0.2, 0) is 9.59 Å². The monoisotopic (exact) mass is 445 g/mol. The Hall–Kier alpha value is -1.92. The molecular formula is C24H31NO3S2. The molecule has 0 fully saturated rings. The molecule has 162 valence electrons. The van der Waals surface area contributed by atoms with Gasteiger partial charge in [0, 0.05) is 12.1 Å². The predicted octanol–water partition coefficient (Wildman–Crippen LogP) is 6.05. The van der Waals surface area contributed by atoms with Gasteiger partial charge in [0.05, 0.1) is 19.1 Å². The topological polar surface area (TPSA) is 55.4 Å². The van der Waals surface area contributed by atoms with Crippen LogP contribution in [0, 0.1) is 11.8 Å². The summed E-state index contributed by atoms with van der Waals surface area (Å²) in [7, 11) is 1.64. The fraction of sp³-hybridized carbons (Fsp3) is 0.417. The van der Waals surface area contributed by atoms with Crippen molar-refractivity contribution in [3.8, 4) is 5.75 Å². The first-order chi connectivity index (χ1) is 14.5. The van der Waals surface area contributed by atoms with E-state index >= 15 is 0 Å². The molecule has 0 amide bonds. The third-order valence-corrected chi connectivity index (χ3v) is 6.52. The highest BCUT2D eigenvalue weighted by atomic mass is 32.2. The third-order valence-electron chi connectivity index (χ3n) is 4.90. The number of carbonyl (C=O) groups excluding carboxylic acids is 2. The quantitative estimate of drug-likeness (QED) is 0.454. The van der Waals surface area contributed by atoms with Crippen molar-refractivity contribution in [1.29, 1.82) is 0 Å². The molecule has 2 aromatic rings. The SMILES string of the molecule is CCSC(=O)C[C@H](C)[C@H](C(=O)SCC)[C@H](Nc1ccc(OC)cc1)c1ccccc1. The van der Waals surface area contributed by atoms with Crippen molar-refractivity contribution in [3.05, 3.63) is 60.2 Å². The maximum atomic E-state index is 13.2. The Morgan fingerprint density at radius 2 is 1.60 bits per heavy atom. The molecule has 0 spiro atoms. The van der Waals surface area contributed by atoms with Crippen LogP contribution in [0.5, 0.6) is 5.75 Å². The lowest BCUT2D eigenvalue weighted by atomic mass is 9.82. The Balaban J connectivity index is 2.39. The summed E-state index contributed by atoms with van der Waals surface area (Å²) in [4.78, 5) is 25.6. The van der Waals surface area contributed by atoms with E-state index in [0.717, 1.165) is 22.8 Å². The van der Waals surface area contributed by atoms with Crippen molar-refractivity contribution in [2.24, 2.45) is 11.8 Å². The third kappa shape index (κ3) is 7.10. The van der Waals surface area contributed by atoms with E-state index in [9.17, 15) is 9.59 Å². The van der Waals surface area contributed by atoms with Gasteiger partial charge < -0.3 is 10.1 Å². The summed E-state index contributed by atoms with van der Waals surface area (Å²) in [6, 6.07) is 17.5. The van der Waals surface area contributed by atoms with Crippen LogP contribution in [0.3, 0.4) is 0 Å². The summed E-state index contributed by atoms with van der Waals surface area (Å²) in [6.45, 7) is 5.97. The van der Waals surface area contributed by atoms with Gasteiger partial charge >= 0.3 is 0 Å². The van der Waals surface area contributed by atoms with Crippen molar-refractivity contribution in [3.63, 3.8) is 0 Å². The fourth-order valence-corrected chi connectivity index (χ4v) is 5.00. The van der Waals surface area contributed by atoms with Crippen LogP contribution in [-0.4, -0.2) is 28.8 Å². The van der Waals surface area contributed by atoms with Crippen LogP contribution in [0.4, 0.5) is 5.69 Å². The Morgan fingerprint density at radius 1 is 0.967 bits per heavy atom. The minimum atomic E-state index is -0.333. The van der Waals surface area contributed by atoms with E-state index in [-0.39, 0.29) is 28.1 Å². The Bertz CT molecular complexity index is 796. The summed E-state index contributed by atoms with van der Waals surface area (Å²) in [5, 5.41) is 3.82. The summed E-state index contributed by atoms with van der Waals surface area (Å²) < 4.78 is 5.26. The van der Waals surface area contributed by atoms with Gasteiger partial charge in [0.15, 0.2) is 10.2 Å². The van der Waals surface area contributed by atoms with Gasteiger partial charge in [-0.1, -0.05) is 74.6 Å². The van der Waals surface area contributed by atoms with Crippen LogP contribution in [0.2, 0.25) is 0 Å². The first kappa shape index (κ1) is 24.4. The normalized spacial score (nSPS) is 13.9. The molecule has 4 nitrogen and oxygen atoms in total. The summed E-state index contributed by atoms with van der Waals surface area (Å²) in [5.41, 5.74) is 1.94. The molecule has 6 heteroatoms. The number of anilines is 1. The lowest BCUT2D eigenvalue weighted by Gasteiger charge is -2.32. The molecule has 0 unspecified atom stereocenters. The molecule has 2 rings (SSSR count). The van der Waals surface area contributed by atoms with Crippen LogP contribution in [0.15, 0.2) is 54.6 Å². The first-order valence-corrected chi connectivity index (χ1v) is 12.2. The molecule has 0 saturated carbocycles. The molecule has 0 aliphatic rings. The van der Waals surface area contributed by atoms with E-state index in [1.54, 1.807) is 7.11 Å². The van der Waals surface area contributed by atoms with E-state index in [2.05, 4.69) is 5.32 Å². The second-order valence-corrected chi connectivity index (χ2v) is 9.62. The van der Waals surface area contributed by atoms with E-state index in [1.807, 2.05) is 75.4 Å². The standard InChI is InChI=1S/C24H31NO3S2/c1-5-29-21(26)16-17(3)22(24(27)30-6-2)23(18-10-8-7-9-11-18)25-19-12-14-20(28-4)15-13-19/h7-15,17,22-23,25H,5-6,16H2,1-4H3/t17-,22-,23+/m0/s1. The van der Waals surface area contributed by atoms with Crippen LogP contribution in [0.25, 0.3) is 0 Å². The summed E-state index contributed by atoms with van der Waals surface area (Å²) in [6.07, 6.45) is 0.382. The maximum absolute atomic E-state index is 13.2. The molecule has 1 N–H and O–H groups in total. The minimum Gasteiger partial charge on any atom is -0.497 e. The zero-order chi connectivity index (χ0) is 21.9. The number of rotatable bonds is 11. The van der Waals surface area contributed by atoms with Crippen molar-refractivity contribution in [1.82, 2.24) is 0 Å². The van der Waals surface area contributed by atoms with Gasteiger partial charge in [-0.2, -0.15) is 0 Å². The fourth-order valence-electron chi connectivity index (χ4n) is 3.45. The van der Waals surface area contributed by atoms with Crippen molar-refractivity contribution >= 4 is 39.4 Å². The predicted molar refractivity (Wildman–Crippen MR) is 129 cm³/mol. The van der Waals surface area contributed by atoms with Gasteiger partial charge in [0.1, 0.15) is 5.75 Å². The number of hydrogen-bond acceptors (Lipinski definition) is 6. The lowest BCUT2D eigenvalue weighted by molar-refractivity contribution is -0.117. The van der Waals surface area contributed by atoms with Gasteiger partial charge in [-0.05, 0) is 47.3 Å². The molecule has 30 heavy (non-hydrogen) atoms.